The lowest BCUT2D eigenvalue weighted by molar-refractivity contribution is -0.143. The molecule has 1 aliphatic heterocycles. The lowest BCUT2D eigenvalue weighted by atomic mass is 9.88. The van der Waals surface area contributed by atoms with Crippen LogP contribution in [0.25, 0.3) is 0 Å². The van der Waals surface area contributed by atoms with Gasteiger partial charge in [0.15, 0.2) is 0 Å². The molecule has 1 atom stereocenters. The molecule has 2 heterocycles. The molecule has 114 valence electrons. The monoisotopic (exact) mass is 308 g/mol. The molecule has 5 nitrogen and oxygen atoms in total. The molecule has 1 unspecified atom stereocenters. The number of amides is 1. The zero-order valence-electron chi connectivity index (χ0n) is 12.5. The van der Waals surface area contributed by atoms with Gasteiger partial charge in [0.2, 0.25) is 0 Å². The largest absolute Gasteiger partial charge is 0.479 e. The minimum absolute atomic E-state index is 0.0353. The summed E-state index contributed by atoms with van der Waals surface area (Å²) in [6.45, 7) is 6.21. The van der Waals surface area contributed by atoms with Crippen LogP contribution in [0.2, 0.25) is 0 Å². The Hall–Kier alpha value is -1.56. The van der Waals surface area contributed by atoms with E-state index >= 15 is 0 Å². The highest BCUT2D eigenvalue weighted by Crippen LogP contribution is 2.28. The molecule has 0 bridgehead atoms. The molecule has 1 aromatic rings. The van der Waals surface area contributed by atoms with E-state index in [1.165, 1.54) is 11.8 Å². The maximum atomic E-state index is 12.2. The SMILES string of the molecule is CC(C)(C)c1ccc(C(=O)NC2(C(=O)O)CCSC2)nc1. The normalized spacial score (nSPS) is 22.0. The maximum absolute atomic E-state index is 12.2. The molecule has 21 heavy (non-hydrogen) atoms. The number of aromatic nitrogens is 1. The number of thioether (sulfide) groups is 1. The Morgan fingerprint density at radius 2 is 2.10 bits per heavy atom. The molecule has 0 spiro atoms. The van der Waals surface area contributed by atoms with E-state index in [2.05, 4.69) is 31.1 Å². The molecule has 2 rings (SSSR count). The molecule has 6 heteroatoms. The second-order valence-corrected chi connectivity index (χ2v) is 7.43. The first-order chi connectivity index (χ1) is 9.74. The number of carboxylic acids is 1. The van der Waals surface area contributed by atoms with Gasteiger partial charge in [0.25, 0.3) is 5.91 Å². The molecular formula is C15H20N2O3S. The lowest BCUT2D eigenvalue weighted by Gasteiger charge is -2.24. The highest BCUT2D eigenvalue weighted by atomic mass is 32.2. The van der Waals surface area contributed by atoms with Crippen molar-refractivity contribution in [3.63, 3.8) is 0 Å². The number of nitrogens with one attached hydrogen (secondary N) is 1. The summed E-state index contributed by atoms with van der Waals surface area (Å²) in [7, 11) is 0. The van der Waals surface area contributed by atoms with Gasteiger partial charge in [-0.2, -0.15) is 11.8 Å². The smallest absolute Gasteiger partial charge is 0.330 e. The van der Waals surface area contributed by atoms with Crippen molar-refractivity contribution >= 4 is 23.6 Å². The van der Waals surface area contributed by atoms with E-state index in [1.807, 2.05) is 6.07 Å². The standard InChI is InChI=1S/C15H20N2O3S/c1-14(2,3)10-4-5-11(16-8-10)12(18)17-15(13(19)20)6-7-21-9-15/h4-5,8H,6-7,9H2,1-3H3,(H,17,18)(H,19,20). The van der Waals surface area contributed by atoms with Crippen molar-refractivity contribution < 1.29 is 14.7 Å². The quantitative estimate of drug-likeness (QED) is 0.893. The number of carbonyl (C=O) groups is 2. The number of hydrogen-bond acceptors (Lipinski definition) is 4. The van der Waals surface area contributed by atoms with Gasteiger partial charge in [0.05, 0.1) is 0 Å². The third kappa shape index (κ3) is 3.37. The van der Waals surface area contributed by atoms with E-state index in [1.54, 1.807) is 12.3 Å². The second kappa shape index (κ2) is 5.67. The fourth-order valence-electron chi connectivity index (χ4n) is 2.14. The summed E-state index contributed by atoms with van der Waals surface area (Å²) in [5.41, 5.74) is 0.0855. The van der Waals surface area contributed by atoms with Crippen molar-refractivity contribution in [1.29, 1.82) is 0 Å². The van der Waals surface area contributed by atoms with Gasteiger partial charge in [0, 0.05) is 11.9 Å². The molecule has 1 fully saturated rings. The fourth-order valence-corrected chi connectivity index (χ4v) is 3.46. The molecule has 0 saturated carbocycles. The van der Waals surface area contributed by atoms with E-state index in [-0.39, 0.29) is 11.1 Å². The van der Waals surface area contributed by atoms with Crippen LogP contribution >= 0.6 is 11.8 Å². The number of carboxylic acid groups (broad SMARTS) is 1. The number of aliphatic carboxylic acids is 1. The molecular weight excluding hydrogens is 288 g/mol. The highest BCUT2D eigenvalue weighted by molar-refractivity contribution is 7.99. The molecule has 0 radical (unpaired) electrons. The Labute approximate surface area is 128 Å². The number of rotatable bonds is 3. The van der Waals surface area contributed by atoms with Crippen LogP contribution in [0.3, 0.4) is 0 Å². The van der Waals surface area contributed by atoms with Crippen LogP contribution in [0.15, 0.2) is 18.3 Å². The van der Waals surface area contributed by atoms with Crippen LogP contribution in [0.4, 0.5) is 0 Å². The fraction of sp³-hybridized carbons (Fsp3) is 0.533. The van der Waals surface area contributed by atoms with Crippen molar-refractivity contribution in [2.75, 3.05) is 11.5 Å². The van der Waals surface area contributed by atoms with Gasteiger partial charge in [-0.15, -0.1) is 0 Å². The summed E-state index contributed by atoms with van der Waals surface area (Å²) < 4.78 is 0. The van der Waals surface area contributed by atoms with E-state index in [0.29, 0.717) is 12.2 Å². The summed E-state index contributed by atoms with van der Waals surface area (Å²) in [4.78, 5) is 27.8. The van der Waals surface area contributed by atoms with Crippen LogP contribution in [-0.2, 0) is 10.2 Å². The third-order valence-electron chi connectivity index (χ3n) is 3.65. The van der Waals surface area contributed by atoms with Gasteiger partial charge >= 0.3 is 5.97 Å². The predicted octanol–water partition coefficient (Wildman–Crippen LogP) is 2.07. The average molecular weight is 308 g/mol. The molecule has 1 amide bonds. The summed E-state index contributed by atoms with van der Waals surface area (Å²) in [5, 5.41) is 12.0. The minimum atomic E-state index is -1.16. The predicted molar refractivity (Wildman–Crippen MR) is 82.7 cm³/mol. The van der Waals surface area contributed by atoms with Gasteiger partial charge in [0.1, 0.15) is 11.2 Å². The van der Waals surface area contributed by atoms with E-state index in [4.69, 9.17) is 0 Å². The van der Waals surface area contributed by atoms with E-state index in [9.17, 15) is 14.7 Å². The molecule has 1 aliphatic rings. The Balaban J connectivity index is 2.15. The topological polar surface area (TPSA) is 79.3 Å². The molecule has 0 aromatic carbocycles. The number of pyridine rings is 1. The first kappa shape index (κ1) is 15.8. The number of nitrogens with zero attached hydrogens (tertiary/aromatic N) is 1. The van der Waals surface area contributed by atoms with Gasteiger partial charge in [-0.25, -0.2) is 4.79 Å². The first-order valence-electron chi connectivity index (χ1n) is 6.85. The van der Waals surface area contributed by atoms with Crippen LogP contribution in [0.5, 0.6) is 0 Å². The van der Waals surface area contributed by atoms with Crippen LogP contribution in [0, 0.1) is 0 Å². The van der Waals surface area contributed by atoms with Gasteiger partial charge in [-0.3, -0.25) is 9.78 Å². The first-order valence-corrected chi connectivity index (χ1v) is 8.00. The van der Waals surface area contributed by atoms with E-state index < -0.39 is 17.4 Å². The minimum Gasteiger partial charge on any atom is -0.479 e. The van der Waals surface area contributed by atoms with Crippen molar-refractivity contribution in [2.24, 2.45) is 0 Å². The Bertz CT molecular complexity index is 543. The molecule has 2 N–H and O–H groups in total. The Morgan fingerprint density at radius 1 is 1.38 bits per heavy atom. The van der Waals surface area contributed by atoms with Crippen molar-refractivity contribution in [2.45, 2.75) is 38.1 Å². The zero-order chi connectivity index (χ0) is 15.7. The highest BCUT2D eigenvalue weighted by Gasteiger charge is 2.43. The maximum Gasteiger partial charge on any atom is 0.330 e. The molecule has 1 aromatic heterocycles. The Kier molecular flexibility index (Phi) is 4.27. The van der Waals surface area contributed by atoms with Crippen LogP contribution < -0.4 is 5.32 Å². The van der Waals surface area contributed by atoms with Gasteiger partial charge < -0.3 is 10.4 Å². The summed E-state index contributed by atoms with van der Waals surface area (Å²) in [6.07, 6.45) is 2.12. The van der Waals surface area contributed by atoms with Crippen molar-refractivity contribution in [1.82, 2.24) is 10.3 Å². The third-order valence-corrected chi connectivity index (χ3v) is 4.84. The molecule has 1 saturated heterocycles. The zero-order valence-corrected chi connectivity index (χ0v) is 13.3. The van der Waals surface area contributed by atoms with Crippen molar-refractivity contribution in [3.8, 4) is 0 Å². The summed E-state index contributed by atoms with van der Waals surface area (Å²) >= 11 is 1.54. The summed E-state index contributed by atoms with van der Waals surface area (Å²) in [6, 6.07) is 3.51. The number of carbonyl (C=O) groups excluding carboxylic acids is 1. The van der Waals surface area contributed by atoms with Crippen LogP contribution in [0.1, 0.15) is 43.2 Å². The van der Waals surface area contributed by atoms with Crippen molar-refractivity contribution in [3.05, 3.63) is 29.6 Å². The summed E-state index contributed by atoms with van der Waals surface area (Å²) in [5.74, 6) is -0.274. The Morgan fingerprint density at radius 3 is 2.52 bits per heavy atom. The number of hydrogen-bond donors (Lipinski definition) is 2. The van der Waals surface area contributed by atoms with Gasteiger partial charge in [-0.05, 0) is 29.2 Å². The lowest BCUT2D eigenvalue weighted by Crippen LogP contribution is -2.54. The van der Waals surface area contributed by atoms with E-state index in [0.717, 1.165) is 11.3 Å². The second-order valence-electron chi connectivity index (χ2n) is 6.33. The van der Waals surface area contributed by atoms with Crippen LogP contribution in [-0.4, -0.2) is 39.0 Å². The van der Waals surface area contributed by atoms with Gasteiger partial charge in [-0.1, -0.05) is 26.8 Å². The molecule has 0 aliphatic carbocycles. The average Bonchev–Trinajstić information content (AvgIpc) is 2.88.